The molecule has 0 saturated heterocycles. The minimum absolute atomic E-state index is 0.265. The molecule has 1 aliphatic heterocycles. The highest BCUT2D eigenvalue weighted by molar-refractivity contribution is 5.86. The highest BCUT2D eigenvalue weighted by atomic mass is 15.4. The van der Waals surface area contributed by atoms with Crippen molar-refractivity contribution in [2.45, 2.75) is 12.7 Å². The molecule has 1 unspecified atom stereocenters. The van der Waals surface area contributed by atoms with E-state index < -0.39 is 0 Å². The second kappa shape index (κ2) is 5.15. The number of nitrogens with zero attached hydrogens (tertiary/aromatic N) is 2. The van der Waals surface area contributed by atoms with Crippen LogP contribution in [0.15, 0.2) is 66.7 Å². The zero-order valence-corrected chi connectivity index (χ0v) is 13.0. The van der Waals surface area contributed by atoms with Gasteiger partial charge in [0.05, 0.1) is 0 Å². The van der Waals surface area contributed by atoms with E-state index in [1.807, 2.05) is 0 Å². The van der Waals surface area contributed by atoms with E-state index in [0.29, 0.717) is 0 Å². The fourth-order valence-corrected chi connectivity index (χ4v) is 3.69. The summed E-state index contributed by atoms with van der Waals surface area (Å²) in [6.45, 7) is 0.981. The van der Waals surface area contributed by atoms with Crippen molar-refractivity contribution < 1.29 is 0 Å². The smallest absolute Gasteiger partial charge is 0.109 e. The number of para-hydroxylation sites is 1. The molecular formula is C20H20N2. The standard InChI is InChI=1S/C20H20N2/c1-21-14-16-9-4-6-13-19(16)22(2)20(21)18-12-7-10-15-8-3-5-11-17(15)18/h3-13,20H,14H2,1-2H3. The number of fused-ring (bicyclic) bond motifs is 2. The van der Waals surface area contributed by atoms with Crippen molar-refractivity contribution in [2.24, 2.45) is 0 Å². The molecule has 22 heavy (non-hydrogen) atoms. The van der Waals surface area contributed by atoms with Crippen molar-refractivity contribution in [3.8, 4) is 0 Å². The molecule has 3 aromatic carbocycles. The van der Waals surface area contributed by atoms with Crippen LogP contribution in [0.1, 0.15) is 17.3 Å². The molecule has 110 valence electrons. The van der Waals surface area contributed by atoms with Crippen LogP contribution >= 0.6 is 0 Å². The second-order valence-electron chi connectivity index (χ2n) is 6.10. The molecule has 0 spiro atoms. The van der Waals surface area contributed by atoms with E-state index >= 15 is 0 Å². The highest BCUT2D eigenvalue weighted by Crippen LogP contribution is 2.38. The SMILES string of the molecule is CN1Cc2ccccc2N(C)C1c1cccc2ccccc12. The van der Waals surface area contributed by atoms with E-state index in [2.05, 4.69) is 90.6 Å². The van der Waals surface area contributed by atoms with E-state index in [0.717, 1.165) is 6.54 Å². The summed E-state index contributed by atoms with van der Waals surface area (Å²) in [4.78, 5) is 4.81. The lowest BCUT2D eigenvalue weighted by atomic mass is 9.98. The van der Waals surface area contributed by atoms with Crippen molar-refractivity contribution >= 4 is 16.5 Å². The van der Waals surface area contributed by atoms with Crippen molar-refractivity contribution in [3.63, 3.8) is 0 Å². The first-order valence-electron chi connectivity index (χ1n) is 7.74. The topological polar surface area (TPSA) is 6.48 Å². The summed E-state index contributed by atoms with van der Waals surface area (Å²) >= 11 is 0. The normalized spacial score (nSPS) is 18.5. The van der Waals surface area contributed by atoms with E-state index in [9.17, 15) is 0 Å². The maximum atomic E-state index is 2.42. The number of hydrogen-bond acceptors (Lipinski definition) is 2. The average molecular weight is 288 g/mol. The molecule has 1 atom stereocenters. The Morgan fingerprint density at radius 2 is 1.55 bits per heavy atom. The number of anilines is 1. The number of rotatable bonds is 1. The number of benzene rings is 3. The zero-order valence-electron chi connectivity index (χ0n) is 13.0. The van der Waals surface area contributed by atoms with Crippen LogP contribution < -0.4 is 4.90 Å². The Labute approximate surface area is 131 Å². The van der Waals surface area contributed by atoms with Crippen molar-refractivity contribution in [1.82, 2.24) is 4.90 Å². The third-order valence-electron chi connectivity index (χ3n) is 4.68. The fourth-order valence-electron chi connectivity index (χ4n) is 3.69. The van der Waals surface area contributed by atoms with Crippen LogP contribution in [-0.2, 0) is 6.54 Å². The van der Waals surface area contributed by atoms with Gasteiger partial charge >= 0.3 is 0 Å². The molecule has 0 fully saturated rings. The minimum atomic E-state index is 0.265. The molecule has 1 aliphatic rings. The van der Waals surface area contributed by atoms with Gasteiger partial charge in [0.25, 0.3) is 0 Å². The first kappa shape index (κ1) is 13.4. The van der Waals surface area contributed by atoms with Gasteiger partial charge in [0.2, 0.25) is 0 Å². The van der Waals surface area contributed by atoms with Gasteiger partial charge in [-0.2, -0.15) is 0 Å². The minimum Gasteiger partial charge on any atom is -0.355 e. The zero-order chi connectivity index (χ0) is 15.1. The Morgan fingerprint density at radius 1 is 0.818 bits per heavy atom. The van der Waals surface area contributed by atoms with Crippen molar-refractivity contribution in [3.05, 3.63) is 77.9 Å². The first-order valence-corrected chi connectivity index (χ1v) is 7.74. The van der Waals surface area contributed by atoms with Gasteiger partial charge < -0.3 is 4.90 Å². The highest BCUT2D eigenvalue weighted by Gasteiger charge is 2.29. The molecule has 2 heteroatoms. The Bertz CT molecular complexity index is 819. The van der Waals surface area contributed by atoms with Crippen molar-refractivity contribution in [1.29, 1.82) is 0 Å². The molecule has 1 heterocycles. The molecule has 2 nitrogen and oxygen atoms in total. The summed E-state index contributed by atoms with van der Waals surface area (Å²) in [5, 5.41) is 2.65. The van der Waals surface area contributed by atoms with Crippen LogP contribution in [0.25, 0.3) is 10.8 Å². The summed E-state index contributed by atoms with van der Waals surface area (Å²) in [5.41, 5.74) is 4.10. The first-order chi connectivity index (χ1) is 10.8. The van der Waals surface area contributed by atoms with Gasteiger partial charge in [0.1, 0.15) is 6.17 Å². The lowest BCUT2D eigenvalue weighted by Gasteiger charge is -2.43. The summed E-state index contributed by atoms with van der Waals surface area (Å²) in [5.74, 6) is 0. The van der Waals surface area contributed by atoms with Gasteiger partial charge in [0.15, 0.2) is 0 Å². The summed E-state index contributed by atoms with van der Waals surface area (Å²) in [6.07, 6.45) is 0.265. The summed E-state index contributed by atoms with van der Waals surface area (Å²) in [6, 6.07) is 24.0. The van der Waals surface area contributed by atoms with Crippen LogP contribution in [0.5, 0.6) is 0 Å². The molecular weight excluding hydrogens is 268 g/mol. The summed E-state index contributed by atoms with van der Waals surface area (Å²) < 4.78 is 0. The van der Waals surface area contributed by atoms with Crippen LogP contribution in [0, 0.1) is 0 Å². The molecule has 0 aromatic heterocycles. The van der Waals surface area contributed by atoms with Crippen LogP contribution in [0.4, 0.5) is 5.69 Å². The van der Waals surface area contributed by atoms with E-state index in [4.69, 9.17) is 0 Å². The quantitative estimate of drug-likeness (QED) is 0.654. The van der Waals surface area contributed by atoms with E-state index in [1.165, 1.54) is 27.6 Å². The maximum absolute atomic E-state index is 2.42. The van der Waals surface area contributed by atoms with Crippen LogP contribution in [-0.4, -0.2) is 19.0 Å². The van der Waals surface area contributed by atoms with Crippen molar-refractivity contribution in [2.75, 3.05) is 19.0 Å². The predicted molar refractivity (Wildman–Crippen MR) is 93.0 cm³/mol. The molecule has 0 bridgehead atoms. The van der Waals surface area contributed by atoms with Gasteiger partial charge in [0, 0.05) is 19.3 Å². The molecule has 0 saturated carbocycles. The lowest BCUT2D eigenvalue weighted by molar-refractivity contribution is 0.222. The van der Waals surface area contributed by atoms with Crippen LogP contribution in [0.2, 0.25) is 0 Å². The molecule has 0 N–H and O–H groups in total. The average Bonchev–Trinajstić information content (AvgIpc) is 2.55. The Morgan fingerprint density at radius 3 is 2.45 bits per heavy atom. The molecule has 0 aliphatic carbocycles. The maximum Gasteiger partial charge on any atom is 0.109 e. The molecule has 0 amide bonds. The van der Waals surface area contributed by atoms with Gasteiger partial charge in [-0.25, -0.2) is 0 Å². The monoisotopic (exact) mass is 288 g/mol. The van der Waals surface area contributed by atoms with Crippen LogP contribution in [0.3, 0.4) is 0 Å². The third kappa shape index (κ3) is 1.99. The predicted octanol–water partition coefficient (Wildman–Crippen LogP) is 4.42. The number of hydrogen-bond donors (Lipinski definition) is 0. The Balaban J connectivity index is 1.88. The second-order valence-corrected chi connectivity index (χ2v) is 6.10. The molecule has 4 rings (SSSR count). The van der Waals surface area contributed by atoms with E-state index in [1.54, 1.807) is 0 Å². The fraction of sp³-hybridized carbons (Fsp3) is 0.200. The van der Waals surface area contributed by atoms with Gasteiger partial charge in [-0.3, -0.25) is 4.90 Å². The lowest BCUT2D eigenvalue weighted by Crippen LogP contribution is -2.41. The Hall–Kier alpha value is -2.32. The third-order valence-corrected chi connectivity index (χ3v) is 4.68. The van der Waals surface area contributed by atoms with Gasteiger partial charge in [-0.05, 0) is 35.0 Å². The van der Waals surface area contributed by atoms with Gasteiger partial charge in [-0.15, -0.1) is 0 Å². The molecule has 0 radical (unpaired) electrons. The summed E-state index contributed by atoms with van der Waals surface area (Å²) in [7, 11) is 4.40. The van der Waals surface area contributed by atoms with E-state index in [-0.39, 0.29) is 6.17 Å². The molecule has 3 aromatic rings. The Kier molecular flexibility index (Phi) is 3.12. The van der Waals surface area contributed by atoms with Gasteiger partial charge in [-0.1, -0.05) is 60.7 Å². The largest absolute Gasteiger partial charge is 0.355 e.